The van der Waals surface area contributed by atoms with Gasteiger partial charge in [0.1, 0.15) is 0 Å². The van der Waals surface area contributed by atoms with Crippen LogP contribution in [0.4, 0.5) is 5.69 Å². The van der Waals surface area contributed by atoms with Gasteiger partial charge in [-0.25, -0.2) is 0 Å². The minimum Gasteiger partial charge on any atom is -0.388 e. The van der Waals surface area contributed by atoms with Crippen molar-refractivity contribution in [3.05, 3.63) is 29.8 Å². The van der Waals surface area contributed by atoms with E-state index in [4.69, 9.17) is 0 Å². The molecule has 0 spiro atoms. The van der Waals surface area contributed by atoms with Crippen LogP contribution in [0.5, 0.6) is 0 Å². The molecule has 0 aliphatic carbocycles. The van der Waals surface area contributed by atoms with Gasteiger partial charge in [-0.05, 0) is 30.0 Å². The van der Waals surface area contributed by atoms with Gasteiger partial charge in [0.15, 0.2) is 0 Å². The molecule has 0 radical (unpaired) electrons. The summed E-state index contributed by atoms with van der Waals surface area (Å²) in [6.45, 7) is 4.58. The second kappa shape index (κ2) is 6.49. The monoisotopic (exact) mass is 205 g/mol. The van der Waals surface area contributed by atoms with Gasteiger partial charge in [-0.1, -0.05) is 45.2 Å². The molecule has 1 aromatic carbocycles. The molecule has 1 nitrogen and oxygen atoms in total. The van der Waals surface area contributed by atoms with Crippen LogP contribution in [0.1, 0.15) is 51.0 Å². The number of hydrogen-bond donors (Lipinski definition) is 1. The first kappa shape index (κ1) is 12.1. The maximum Gasteiger partial charge on any atom is 0.0340 e. The highest BCUT2D eigenvalue weighted by Gasteiger charge is 2.05. The Morgan fingerprint density at radius 2 is 2.07 bits per heavy atom. The second-order valence-electron chi connectivity index (χ2n) is 4.27. The number of hydrogen-bond acceptors (Lipinski definition) is 1. The number of rotatable bonds is 6. The number of benzene rings is 1. The summed E-state index contributed by atoms with van der Waals surface area (Å²) in [7, 11) is 1.97. The van der Waals surface area contributed by atoms with Crippen LogP contribution in [0.25, 0.3) is 0 Å². The third-order valence-corrected chi connectivity index (χ3v) is 2.99. The molecule has 0 aromatic heterocycles. The van der Waals surface area contributed by atoms with Gasteiger partial charge in [-0.15, -0.1) is 0 Å². The van der Waals surface area contributed by atoms with E-state index in [0.717, 1.165) is 0 Å². The molecule has 0 saturated heterocycles. The molecule has 0 aliphatic rings. The topological polar surface area (TPSA) is 12.0 Å². The maximum absolute atomic E-state index is 3.19. The lowest BCUT2D eigenvalue weighted by Gasteiger charge is -2.12. The van der Waals surface area contributed by atoms with E-state index in [-0.39, 0.29) is 0 Å². The standard InChI is InChI=1S/C14H23N/c1-4-5-6-8-12(2)13-9-7-10-14(11-13)15-3/h7,9-12,15H,4-6,8H2,1-3H3. The van der Waals surface area contributed by atoms with E-state index in [9.17, 15) is 0 Å². The lowest BCUT2D eigenvalue weighted by molar-refractivity contribution is 0.598. The molecule has 0 aliphatic heterocycles. The van der Waals surface area contributed by atoms with Crippen molar-refractivity contribution in [1.82, 2.24) is 0 Å². The predicted molar refractivity (Wildman–Crippen MR) is 68.5 cm³/mol. The normalized spacial score (nSPS) is 12.5. The van der Waals surface area contributed by atoms with E-state index in [1.807, 2.05) is 7.05 Å². The van der Waals surface area contributed by atoms with E-state index in [0.29, 0.717) is 5.92 Å². The van der Waals surface area contributed by atoms with Gasteiger partial charge >= 0.3 is 0 Å². The fourth-order valence-corrected chi connectivity index (χ4v) is 1.87. The summed E-state index contributed by atoms with van der Waals surface area (Å²) < 4.78 is 0. The van der Waals surface area contributed by atoms with Crippen molar-refractivity contribution in [1.29, 1.82) is 0 Å². The van der Waals surface area contributed by atoms with Gasteiger partial charge < -0.3 is 5.32 Å². The van der Waals surface area contributed by atoms with Crippen molar-refractivity contribution in [3.63, 3.8) is 0 Å². The first-order chi connectivity index (χ1) is 7.27. The Labute approximate surface area is 93.9 Å². The van der Waals surface area contributed by atoms with E-state index >= 15 is 0 Å². The van der Waals surface area contributed by atoms with Gasteiger partial charge in [0.05, 0.1) is 0 Å². The molecule has 84 valence electrons. The lowest BCUT2D eigenvalue weighted by Crippen LogP contribution is -1.95. The molecule has 0 fully saturated rings. The fourth-order valence-electron chi connectivity index (χ4n) is 1.87. The highest BCUT2D eigenvalue weighted by atomic mass is 14.8. The highest BCUT2D eigenvalue weighted by molar-refractivity contribution is 5.45. The average molecular weight is 205 g/mol. The SMILES string of the molecule is CCCCCC(C)c1cccc(NC)c1. The van der Waals surface area contributed by atoms with Crippen molar-refractivity contribution in [2.75, 3.05) is 12.4 Å². The van der Waals surface area contributed by atoms with E-state index < -0.39 is 0 Å². The predicted octanol–water partition coefficient (Wildman–Crippen LogP) is 4.41. The van der Waals surface area contributed by atoms with E-state index in [1.165, 1.54) is 36.9 Å². The van der Waals surface area contributed by atoms with Crippen LogP contribution in [0, 0.1) is 0 Å². The molecule has 0 saturated carbocycles. The Balaban J connectivity index is 2.52. The molecule has 1 N–H and O–H groups in total. The third-order valence-electron chi connectivity index (χ3n) is 2.99. The fraction of sp³-hybridized carbons (Fsp3) is 0.571. The highest BCUT2D eigenvalue weighted by Crippen LogP contribution is 2.23. The molecule has 15 heavy (non-hydrogen) atoms. The number of nitrogens with one attached hydrogen (secondary N) is 1. The quantitative estimate of drug-likeness (QED) is 0.678. The number of unbranched alkanes of at least 4 members (excludes halogenated alkanes) is 2. The van der Waals surface area contributed by atoms with Crippen molar-refractivity contribution in [2.24, 2.45) is 0 Å². The van der Waals surface area contributed by atoms with Gasteiger partial charge in [-0.2, -0.15) is 0 Å². The number of anilines is 1. The lowest BCUT2D eigenvalue weighted by atomic mass is 9.95. The summed E-state index contributed by atoms with van der Waals surface area (Å²) in [6.07, 6.45) is 5.32. The van der Waals surface area contributed by atoms with Gasteiger partial charge in [0.25, 0.3) is 0 Å². The Morgan fingerprint density at radius 1 is 1.27 bits per heavy atom. The van der Waals surface area contributed by atoms with Crippen LogP contribution >= 0.6 is 0 Å². The third kappa shape index (κ3) is 3.94. The zero-order valence-electron chi connectivity index (χ0n) is 10.2. The van der Waals surface area contributed by atoms with Crippen molar-refractivity contribution >= 4 is 5.69 Å². The molecule has 0 amide bonds. The zero-order valence-corrected chi connectivity index (χ0v) is 10.2. The molecular formula is C14H23N. The zero-order chi connectivity index (χ0) is 11.1. The van der Waals surface area contributed by atoms with Crippen LogP contribution in [-0.4, -0.2) is 7.05 Å². The molecule has 1 aromatic rings. The van der Waals surface area contributed by atoms with E-state index in [1.54, 1.807) is 0 Å². The summed E-state index contributed by atoms with van der Waals surface area (Å²) >= 11 is 0. The molecular weight excluding hydrogens is 182 g/mol. The van der Waals surface area contributed by atoms with Crippen molar-refractivity contribution < 1.29 is 0 Å². The molecule has 1 heteroatoms. The summed E-state index contributed by atoms with van der Waals surface area (Å²) in [5.74, 6) is 0.685. The second-order valence-corrected chi connectivity index (χ2v) is 4.27. The summed E-state index contributed by atoms with van der Waals surface area (Å²) in [4.78, 5) is 0. The Morgan fingerprint density at radius 3 is 2.73 bits per heavy atom. The first-order valence-electron chi connectivity index (χ1n) is 6.05. The first-order valence-corrected chi connectivity index (χ1v) is 6.05. The minimum absolute atomic E-state index is 0.685. The van der Waals surface area contributed by atoms with Crippen LogP contribution in [0.3, 0.4) is 0 Å². The maximum atomic E-state index is 3.19. The van der Waals surface area contributed by atoms with Crippen molar-refractivity contribution in [2.45, 2.75) is 45.4 Å². The minimum atomic E-state index is 0.685. The Kier molecular flexibility index (Phi) is 5.23. The van der Waals surface area contributed by atoms with Crippen LogP contribution in [0.2, 0.25) is 0 Å². The largest absolute Gasteiger partial charge is 0.388 e. The molecule has 1 rings (SSSR count). The Hall–Kier alpha value is -0.980. The molecule has 1 atom stereocenters. The molecule has 0 heterocycles. The average Bonchev–Trinajstić information content (AvgIpc) is 2.29. The Bertz CT molecular complexity index is 280. The van der Waals surface area contributed by atoms with Crippen LogP contribution < -0.4 is 5.32 Å². The summed E-state index contributed by atoms with van der Waals surface area (Å²) in [5, 5.41) is 3.19. The summed E-state index contributed by atoms with van der Waals surface area (Å²) in [6, 6.07) is 8.74. The van der Waals surface area contributed by atoms with Gasteiger partial charge in [-0.3, -0.25) is 0 Å². The van der Waals surface area contributed by atoms with Gasteiger partial charge in [0.2, 0.25) is 0 Å². The molecule has 0 bridgehead atoms. The smallest absolute Gasteiger partial charge is 0.0340 e. The molecule has 1 unspecified atom stereocenters. The summed E-state index contributed by atoms with van der Waals surface area (Å²) in [5.41, 5.74) is 2.67. The van der Waals surface area contributed by atoms with Gasteiger partial charge in [0, 0.05) is 12.7 Å². The van der Waals surface area contributed by atoms with E-state index in [2.05, 4.69) is 43.4 Å². The van der Waals surface area contributed by atoms with Crippen LogP contribution in [0.15, 0.2) is 24.3 Å². The van der Waals surface area contributed by atoms with Crippen LogP contribution in [-0.2, 0) is 0 Å². The van der Waals surface area contributed by atoms with Crippen molar-refractivity contribution in [3.8, 4) is 0 Å².